The van der Waals surface area contributed by atoms with E-state index in [4.69, 9.17) is 4.74 Å². The average Bonchev–Trinajstić information content (AvgIpc) is 2.64. The van der Waals surface area contributed by atoms with Gasteiger partial charge in [0, 0.05) is 23.9 Å². The molecule has 2 N–H and O–H groups in total. The van der Waals surface area contributed by atoms with E-state index in [-0.39, 0.29) is 11.8 Å². The van der Waals surface area contributed by atoms with Crippen molar-refractivity contribution in [2.45, 2.75) is 27.2 Å². The van der Waals surface area contributed by atoms with Crippen LogP contribution >= 0.6 is 0 Å². The normalized spacial score (nSPS) is 10.6. The molecule has 2 rings (SSSR count). The van der Waals surface area contributed by atoms with E-state index < -0.39 is 0 Å². The summed E-state index contributed by atoms with van der Waals surface area (Å²) in [6.07, 6.45) is 3.61. The molecule has 0 aliphatic carbocycles. The Morgan fingerprint density at radius 3 is 2.42 bits per heavy atom. The van der Waals surface area contributed by atoms with Gasteiger partial charge in [-0.3, -0.25) is 9.59 Å². The molecular weight excluding hydrogens is 328 g/mol. The Morgan fingerprint density at radius 2 is 1.77 bits per heavy atom. The van der Waals surface area contributed by atoms with Crippen LogP contribution < -0.4 is 15.4 Å². The van der Waals surface area contributed by atoms with Gasteiger partial charge < -0.3 is 15.4 Å². The van der Waals surface area contributed by atoms with Crippen LogP contribution in [-0.4, -0.2) is 18.4 Å². The van der Waals surface area contributed by atoms with Crippen LogP contribution in [0.1, 0.15) is 31.4 Å². The minimum Gasteiger partial charge on any atom is -0.494 e. The highest BCUT2D eigenvalue weighted by molar-refractivity contribution is 6.02. The predicted octanol–water partition coefficient (Wildman–Crippen LogP) is 4.39. The van der Waals surface area contributed by atoms with Crippen LogP contribution in [0, 0.1) is 6.92 Å². The fraction of sp³-hybridized carbons (Fsp3) is 0.238. The summed E-state index contributed by atoms with van der Waals surface area (Å²) in [5.74, 6) is 0.498. The van der Waals surface area contributed by atoms with Crippen molar-refractivity contribution in [3.05, 3.63) is 59.7 Å². The predicted molar refractivity (Wildman–Crippen MR) is 105 cm³/mol. The number of anilines is 2. The van der Waals surface area contributed by atoms with Gasteiger partial charge in [0.25, 0.3) is 0 Å². The molecule has 0 fully saturated rings. The van der Waals surface area contributed by atoms with E-state index in [9.17, 15) is 9.59 Å². The first-order valence-electron chi connectivity index (χ1n) is 8.64. The van der Waals surface area contributed by atoms with Crippen molar-refractivity contribution < 1.29 is 14.3 Å². The lowest BCUT2D eigenvalue weighted by Gasteiger charge is -2.10. The molecular formula is C21H24N2O3. The second kappa shape index (κ2) is 9.42. The molecule has 0 radical (unpaired) electrons. The third-order valence-corrected chi connectivity index (χ3v) is 3.72. The van der Waals surface area contributed by atoms with E-state index in [1.807, 2.05) is 44.2 Å². The number of nitrogens with one attached hydrogen (secondary N) is 2. The zero-order valence-electron chi connectivity index (χ0n) is 15.3. The van der Waals surface area contributed by atoms with Gasteiger partial charge in [-0.15, -0.1) is 0 Å². The zero-order chi connectivity index (χ0) is 18.9. The summed E-state index contributed by atoms with van der Waals surface area (Å²) in [5.41, 5.74) is 3.17. The van der Waals surface area contributed by atoms with Gasteiger partial charge >= 0.3 is 0 Å². The molecule has 2 aromatic rings. The number of ether oxygens (including phenoxy) is 1. The van der Waals surface area contributed by atoms with Gasteiger partial charge in [-0.2, -0.15) is 0 Å². The first-order valence-corrected chi connectivity index (χ1v) is 8.64. The Bertz CT molecular complexity index is 795. The SMILES string of the molecule is CCOc1ccc(/C=C/C(=O)Nc2ccc(C)c(NC(=O)CC)c2)cc1. The number of carbonyl (C=O) groups excluding carboxylic acids is 2. The van der Waals surface area contributed by atoms with Crippen LogP contribution in [-0.2, 0) is 9.59 Å². The van der Waals surface area contributed by atoms with Crippen molar-refractivity contribution in [3.63, 3.8) is 0 Å². The van der Waals surface area contributed by atoms with Crippen LogP contribution in [0.25, 0.3) is 6.08 Å². The van der Waals surface area contributed by atoms with Crippen molar-refractivity contribution >= 4 is 29.3 Å². The summed E-state index contributed by atoms with van der Waals surface area (Å²) in [5, 5.41) is 5.63. The van der Waals surface area contributed by atoms with Crippen LogP contribution in [0.4, 0.5) is 11.4 Å². The quantitative estimate of drug-likeness (QED) is 0.726. The van der Waals surface area contributed by atoms with Gasteiger partial charge in [-0.05, 0) is 55.3 Å². The molecule has 0 unspecified atom stereocenters. The van der Waals surface area contributed by atoms with Gasteiger partial charge in [0.15, 0.2) is 0 Å². The number of aryl methyl sites for hydroxylation is 1. The first kappa shape index (κ1) is 19.2. The van der Waals surface area contributed by atoms with Gasteiger partial charge in [-0.1, -0.05) is 25.1 Å². The monoisotopic (exact) mass is 352 g/mol. The highest BCUT2D eigenvalue weighted by atomic mass is 16.5. The molecule has 0 saturated carbocycles. The first-order chi connectivity index (χ1) is 12.5. The summed E-state index contributed by atoms with van der Waals surface area (Å²) in [6.45, 7) is 6.25. The largest absolute Gasteiger partial charge is 0.494 e. The average molecular weight is 352 g/mol. The summed E-state index contributed by atoms with van der Waals surface area (Å²) >= 11 is 0. The third kappa shape index (κ3) is 5.77. The molecule has 26 heavy (non-hydrogen) atoms. The van der Waals surface area contributed by atoms with E-state index in [0.29, 0.717) is 24.4 Å². The highest BCUT2D eigenvalue weighted by Gasteiger charge is 2.05. The molecule has 0 atom stereocenters. The number of hydrogen-bond donors (Lipinski definition) is 2. The molecule has 0 aliphatic heterocycles. The molecule has 5 heteroatoms. The van der Waals surface area contributed by atoms with Crippen molar-refractivity contribution in [2.24, 2.45) is 0 Å². The van der Waals surface area contributed by atoms with Crippen molar-refractivity contribution in [1.82, 2.24) is 0 Å². The lowest BCUT2D eigenvalue weighted by molar-refractivity contribution is -0.116. The number of hydrogen-bond acceptors (Lipinski definition) is 3. The van der Waals surface area contributed by atoms with Gasteiger partial charge in [0.2, 0.25) is 11.8 Å². The Hall–Kier alpha value is -3.08. The maximum Gasteiger partial charge on any atom is 0.248 e. The number of rotatable bonds is 7. The van der Waals surface area contributed by atoms with Crippen LogP contribution in [0.5, 0.6) is 5.75 Å². The number of amides is 2. The van der Waals surface area contributed by atoms with E-state index in [2.05, 4.69) is 10.6 Å². The Kier molecular flexibility index (Phi) is 6.97. The van der Waals surface area contributed by atoms with Crippen molar-refractivity contribution in [2.75, 3.05) is 17.2 Å². The lowest BCUT2D eigenvalue weighted by atomic mass is 10.1. The molecule has 2 aromatic carbocycles. The third-order valence-electron chi connectivity index (χ3n) is 3.72. The number of carbonyl (C=O) groups is 2. The molecule has 0 saturated heterocycles. The van der Waals surface area contributed by atoms with Crippen molar-refractivity contribution in [1.29, 1.82) is 0 Å². The standard InChI is InChI=1S/C21H24N2O3/c1-4-20(24)23-19-14-17(10-6-15(19)3)22-21(25)13-9-16-7-11-18(12-8-16)26-5-2/h6-14H,4-5H2,1-3H3,(H,22,25)(H,23,24)/b13-9+. The Balaban J connectivity index is 2.00. The maximum atomic E-state index is 12.1. The molecule has 0 heterocycles. The highest BCUT2D eigenvalue weighted by Crippen LogP contribution is 2.20. The topological polar surface area (TPSA) is 67.4 Å². The Morgan fingerprint density at radius 1 is 1.04 bits per heavy atom. The van der Waals surface area contributed by atoms with E-state index in [1.165, 1.54) is 6.08 Å². The fourth-order valence-corrected chi connectivity index (χ4v) is 2.27. The maximum absolute atomic E-state index is 12.1. The minimum atomic E-state index is -0.240. The minimum absolute atomic E-state index is 0.0630. The van der Waals surface area contributed by atoms with E-state index in [0.717, 1.165) is 16.9 Å². The second-order valence-electron chi connectivity index (χ2n) is 5.76. The van der Waals surface area contributed by atoms with Gasteiger partial charge in [0.05, 0.1) is 6.61 Å². The summed E-state index contributed by atoms with van der Waals surface area (Å²) in [7, 11) is 0. The molecule has 0 aliphatic rings. The van der Waals surface area contributed by atoms with Crippen molar-refractivity contribution in [3.8, 4) is 5.75 Å². The summed E-state index contributed by atoms with van der Waals surface area (Å²) in [6, 6.07) is 12.9. The zero-order valence-corrected chi connectivity index (χ0v) is 15.3. The molecule has 2 amide bonds. The molecule has 0 bridgehead atoms. The summed E-state index contributed by atoms with van der Waals surface area (Å²) < 4.78 is 5.39. The van der Waals surface area contributed by atoms with Crippen LogP contribution in [0.15, 0.2) is 48.5 Å². The second-order valence-corrected chi connectivity index (χ2v) is 5.76. The van der Waals surface area contributed by atoms with E-state index in [1.54, 1.807) is 25.1 Å². The van der Waals surface area contributed by atoms with Crippen LogP contribution in [0.3, 0.4) is 0 Å². The summed E-state index contributed by atoms with van der Waals surface area (Å²) in [4.78, 5) is 23.7. The van der Waals surface area contributed by atoms with E-state index >= 15 is 0 Å². The smallest absolute Gasteiger partial charge is 0.248 e. The van der Waals surface area contributed by atoms with Gasteiger partial charge in [-0.25, -0.2) is 0 Å². The lowest BCUT2D eigenvalue weighted by Crippen LogP contribution is -2.12. The molecule has 0 aromatic heterocycles. The fourth-order valence-electron chi connectivity index (χ4n) is 2.27. The Labute approximate surface area is 154 Å². The van der Waals surface area contributed by atoms with Crippen LogP contribution in [0.2, 0.25) is 0 Å². The number of benzene rings is 2. The molecule has 136 valence electrons. The van der Waals surface area contributed by atoms with Gasteiger partial charge in [0.1, 0.15) is 5.75 Å². The molecule has 0 spiro atoms. The molecule has 5 nitrogen and oxygen atoms in total.